The maximum absolute atomic E-state index is 10.8. The first-order valence-electron chi connectivity index (χ1n) is 3.17. The lowest BCUT2D eigenvalue weighted by molar-refractivity contribution is -0.145. The second kappa shape index (κ2) is 2.98. The molecule has 0 aromatic heterocycles. The van der Waals surface area contributed by atoms with Gasteiger partial charge in [0.2, 0.25) is 0 Å². The van der Waals surface area contributed by atoms with E-state index in [4.69, 9.17) is 10.5 Å². The van der Waals surface area contributed by atoms with Crippen LogP contribution in [0.2, 0.25) is 0 Å². The van der Waals surface area contributed by atoms with Gasteiger partial charge >= 0.3 is 5.97 Å². The van der Waals surface area contributed by atoms with E-state index >= 15 is 0 Å². The van der Waals surface area contributed by atoms with Gasteiger partial charge in [0.15, 0.2) is 0 Å². The monoisotopic (exact) mass is 145 g/mol. The van der Waals surface area contributed by atoms with E-state index in [2.05, 4.69) is 4.74 Å². The van der Waals surface area contributed by atoms with Gasteiger partial charge in [0.1, 0.15) is 0 Å². The van der Waals surface area contributed by atoms with Crippen molar-refractivity contribution in [2.24, 2.45) is 11.7 Å². The van der Waals surface area contributed by atoms with Gasteiger partial charge in [-0.05, 0) is 0 Å². The average molecular weight is 145 g/mol. The lowest BCUT2D eigenvalue weighted by Crippen LogP contribution is -2.34. The van der Waals surface area contributed by atoms with Gasteiger partial charge in [0.05, 0.1) is 26.2 Å². The van der Waals surface area contributed by atoms with E-state index in [9.17, 15) is 4.79 Å². The summed E-state index contributed by atoms with van der Waals surface area (Å²) in [5, 5.41) is 0. The molecule has 0 radical (unpaired) electrons. The predicted molar refractivity (Wildman–Crippen MR) is 34.3 cm³/mol. The quantitative estimate of drug-likeness (QED) is 0.487. The molecule has 4 heteroatoms. The summed E-state index contributed by atoms with van der Waals surface area (Å²) in [4.78, 5) is 10.8. The number of ether oxygens (including phenoxy) is 2. The van der Waals surface area contributed by atoms with Crippen molar-refractivity contribution in [2.45, 2.75) is 6.04 Å². The molecular formula is C6H11NO3. The molecule has 1 rings (SSSR count). The minimum Gasteiger partial charge on any atom is -0.469 e. The second-order valence-corrected chi connectivity index (χ2v) is 2.33. The third kappa shape index (κ3) is 1.27. The highest BCUT2D eigenvalue weighted by atomic mass is 16.5. The number of hydrogen-bond acceptors (Lipinski definition) is 4. The molecule has 4 nitrogen and oxygen atoms in total. The Hall–Kier alpha value is -0.610. The highest BCUT2D eigenvalue weighted by Crippen LogP contribution is 2.12. The van der Waals surface area contributed by atoms with Crippen molar-refractivity contribution in [3.8, 4) is 0 Å². The number of hydrogen-bond donors (Lipinski definition) is 1. The van der Waals surface area contributed by atoms with E-state index in [1.165, 1.54) is 7.11 Å². The predicted octanol–water partition coefficient (Wildman–Crippen LogP) is -0.867. The Morgan fingerprint density at radius 1 is 1.70 bits per heavy atom. The lowest BCUT2D eigenvalue weighted by Gasteiger charge is -2.08. The first-order chi connectivity index (χ1) is 4.75. The van der Waals surface area contributed by atoms with Crippen LogP contribution in [0.3, 0.4) is 0 Å². The zero-order valence-corrected chi connectivity index (χ0v) is 5.87. The van der Waals surface area contributed by atoms with Crippen LogP contribution in [0.5, 0.6) is 0 Å². The van der Waals surface area contributed by atoms with Crippen molar-refractivity contribution >= 4 is 5.97 Å². The summed E-state index contributed by atoms with van der Waals surface area (Å²) in [6.45, 7) is 0.855. The van der Waals surface area contributed by atoms with Gasteiger partial charge in [-0.1, -0.05) is 0 Å². The molecule has 1 aliphatic heterocycles. The van der Waals surface area contributed by atoms with E-state index in [0.29, 0.717) is 13.2 Å². The van der Waals surface area contributed by atoms with Gasteiger partial charge in [0.25, 0.3) is 0 Å². The summed E-state index contributed by atoms with van der Waals surface area (Å²) < 4.78 is 9.47. The third-order valence-corrected chi connectivity index (χ3v) is 1.63. The van der Waals surface area contributed by atoms with Gasteiger partial charge < -0.3 is 15.2 Å². The molecule has 58 valence electrons. The molecule has 0 aromatic rings. The van der Waals surface area contributed by atoms with Crippen molar-refractivity contribution in [3.63, 3.8) is 0 Å². The topological polar surface area (TPSA) is 61.5 Å². The molecule has 1 unspecified atom stereocenters. The molecule has 0 spiro atoms. The summed E-state index contributed by atoms with van der Waals surface area (Å²) in [5.74, 6) is -0.532. The minimum absolute atomic E-state index is 0.188. The summed E-state index contributed by atoms with van der Waals surface area (Å²) in [6.07, 6.45) is 0. The summed E-state index contributed by atoms with van der Waals surface area (Å²) >= 11 is 0. The Morgan fingerprint density at radius 2 is 2.40 bits per heavy atom. The maximum Gasteiger partial charge on any atom is 0.312 e. The van der Waals surface area contributed by atoms with Gasteiger partial charge in [-0.15, -0.1) is 0 Å². The number of esters is 1. The zero-order valence-electron chi connectivity index (χ0n) is 5.87. The Kier molecular flexibility index (Phi) is 2.24. The van der Waals surface area contributed by atoms with E-state index in [1.54, 1.807) is 0 Å². The Labute approximate surface area is 59.3 Å². The number of methoxy groups -OCH3 is 1. The van der Waals surface area contributed by atoms with Crippen molar-refractivity contribution in [2.75, 3.05) is 20.3 Å². The van der Waals surface area contributed by atoms with E-state index < -0.39 is 0 Å². The molecule has 0 aromatic carbocycles. The van der Waals surface area contributed by atoms with Gasteiger partial charge in [-0.2, -0.15) is 0 Å². The maximum atomic E-state index is 10.8. The van der Waals surface area contributed by atoms with Gasteiger partial charge in [0, 0.05) is 6.04 Å². The average Bonchev–Trinajstić information content (AvgIpc) is 2.34. The van der Waals surface area contributed by atoms with Crippen molar-refractivity contribution in [1.29, 1.82) is 0 Å². The molecule has 2 N–H and O–H groups in total. The van der Waals surface area contributed by atoms with Crippen molar-refractivity contribution < 1.29 is 14.3 Å². The third-order valence-electron chi connectivity index (χ3n) is 1.63. The van der Waals surface area contributed by atoms with Crippen LogP contribution in [0.15, 0.2) is 0 Å². The van der Waals surface area contributed by atoms with Crippen molar-refractivity contribution in [3.05, 3.63) is 0 Å². The minimum atomic E-state index is -0.273. The molecule has 10 heavy (non-hydrogen) atoms. The molecule has 0 aliphatic carbocycles. The van der Waals surface area contributed by atoms with E-state index in [-0.39, 0.29) is 17.9 Å². The number of rotatable bonds is 1. The summed E-state index contributed by atoms with van der Waals surface area (Å²) in [7, 11) is 1.35. The Morgan fingerprint density at radius 3 is 2.80 bits per heavy atom. The van der Waals surface area contributed by atoms with Crippen LogP contribution in [0.1, 0.15) is 0 Å². The highest BCUT2D eigenvalue weighted by Gasteiger charge is 2.31. The second-order valence-electron chi connectivity index (χ2n) is 2.33. The molecule has 0 amide bonds. The van der Waals surface area contributed by atoms with Crippen LogP contribution < -0.4 is 5.73 Å². The standard InChI is InChI=1S/C6H11NO3/c1-9-6(8)4-2-10-3-5(4)7/h4-5H,2-3,7H2,1H3/t4?,5-/m0/s1. The Bertz CT molecular complexity index is 137. The fourth-order valence-electron chi connectivity index (χ4n) is 0.965. The van der Waals surface area contributed by atoms with Crippen LogP contribution in [0.4, 0.5) is 0 Å². The SMILES string of the molecule is COC(=O)C1COC[C@@H]1N. The Balaban J connectivity index is 2.46. The lowest BCUT2D eigenvalue weighted by atomic mass is 10.1. The van der Waals surface area contributed by atoms with E-state index in [1.807, 2.05) is 0 Å². The molecule has 0 saturated carbocycles. The molecule has 1 fully saturated rings. The van der Waals surface area contributed by atoms with Crippen LogP contribution in [-0.4, -0.2) is 32.3 Å². The fourth-order valence-corrected chi connectivity index (χ4v) is 0.965. The normalized spacial score (nSPS) is 32.2. The van der Waals surface area contributed by atoms with Crippen LogP contribution in [-0.2, 0) is 14.3 Å². The van der Waals surface area contributed by atoms with Crippen LogP contribution in [0.25, 0.3) is 0 Å². The molecule has 1 aliphatic rings. The molecule has 0 bridgehead atoms. The smallest absolute Gasteiger partial charge is 0.312 e. The molecule has 1 saturated heterocycles. The number of carbonyl (C=O) groups is 1. The molecule has 1 heterocycles. The van der Waals surface area contributed by atoms with Crippen LogP contribution in [0, 0.1) is 5.92 Å². The van der Waals surface area contributed by atoms with E-state index in [0.717, 1.165) is 0 Å². The summed E-state index contributed by atoms with van der Waals surface area (Å²) in [5.41, 5.74) is 5.53. The summed E-state index contributed by atoms with van der Waals surface area (Å²) in [6, 6.07) is -0.188. The number of nitrogens with two attached hydrogens (primary N) is 1. The fraction of sp³-hybridized carbons (Fsp3) is 0.833. The highest BCUT2D eigenvalue weighted by molar-refractivity contribution is 5.73. The first kappa shape index (κ1) is 7.50. The zero-order chi connectivity index (χ0) is 7.56. The van der Waals surface area contributed by atoms with Gasteiger partial charge in [-0.3, -0.25) is 4.79 Å². The van der Waals surface area contributed by atoms with Crippen molar-refractivity contribution in [1.82, 2.24) is 0 Å². The largest absolute Gasteiger partial charge is 0.469 e. The van der Waals surface area contributed by atoms with Gasteiger partial charge in [-0.25, -0.2) is 0 Å². The number of carbonyl (C=O) groups excluding carboxylic acids is 1. The first-order valence-corrected chi connectivity index (χ1v) is 3.17. The van der Waals surface area contributed by atoms with Crippen LogP contribution >= 0.6 is 0 Å². The molecular weight excluding hydrogens is 134 g/mol. The molecule has 2 atom stereocenters.